The van der Waals surface area contributed by atoms with Gasteiger partial charge < -0.3 is 5.32 Å². The molecule has 0 aromatic heterocycles. The molecule has 0 aliphatic heterocycles. The Bertz CT molecular complexity index is 538. The number of para-hydroxylation sites is 1. The number of rotatable bonds is 2. The van der Waals surface area contributed by atoms with Gasteiger partial charge in [0.1, 0.15) is 0 Å². The van der Waals surface area contributed by atoms with Gasteiger partial charge in [0.2, 0.25) is 0 Å². The standard InChI is InChI=1S/C15H12ClN/c16-11-5-7-13-6-4-10-15(12-13)17-14-8-2-1-3-9-14/h1-4,6,8-10,12,17H,11H2. The molecule has 0 aliphatic carbocycles. The molecule has 0 heterocycles. The van der Waals surface area contributed by atoms with Crippen molar-refractivity contribution in [3.8, 4) is 11.8 Å². The van der Waals surface area contributed by atoms with Crippen LogP contribution in [0.2, 0.25) is 0 Å². The monoisotopic (exact) mass is 241 g/mol. The Kier molecular flexibility index (Phi) is 4.07. The Morgan fingerprint density at radius 3 is 2.47 bits per heavy atom. The Balaban J connectivity index is 2.17. The van der Waals surface area contributed by atoms with Crippen molar-refractivity contribution < 1.29 is 0 Å². The summed E-state index contributed by atoms with van der Waals surface area (Å²) >= 11 is 5.53. The molecular formula is C15H12ClN. The first kappa shape index (κ1) is 11.6. The van der Waals surface area contributed by atoms with E-state index < -0.39 is 0 Å². The van der Waals surface area contributed by atoms with E-state index in [9.17, 15) is 0 Å². The molecule has 0 spiro atoms. The highest BCUT2D eigenvalue weighted by Crippen LogP contribution is 2.16. The number of alkyl halides is 1. The third kappa shape index (κ3) is 3.55. The normalized spacial score (nSPS) is 9.24. The van der Waals surface area contributed by atoms with Crippen LogP contribution >= 0.6 is 11.6 Å². The average Bonchev–Trinajstić information content (AvgIpc) is 2.38. The smallest absolute Gasteiger partial charge is 0.0839 e. The Morgan fingerprint density at radius 1 is 0.941 bits per heavy atom. The predicted molar refractivity (Wildman–Crippen MR) is 73.8 cm³/mol. The average molecular weight is 242 g/mol. The zero-order chi connectivity index (χ0) is 11.9. The Morgan fingerprint density at radius 2 is 1.71 bits per heavy atom. The highest BCUT2D eigenvalue weighted by molar-refractivity contribution is 6.19. The van der Waals surface area contributed by atoms with Crippen LogP contribution in [-0.2, 0) is 0 Å². The molecule has 0 saturated carbocycles. The second-order valence-electron chi connectivity index (χ2n) is 3.51. The van der Waals surface area contributed by atoms with Gasteiger partial charge in [0.05, 0.1) is 5.88 Å². The van der Waals surface area contributed by atoms with Crippen molar-refractivity contribution in [3.63, 3.8) is 0 Å². The zero-order valence-electron chi connectivity index (χ0n) is 9.28. The van der Waals surface area contributed by atoms with E-state index in [2.05, 4.69) is 17.2 Å². The van der Waals surface area contributed by atoms with E-state index >= 15 is 0 Å². The highest BCUT2D eigenvalue weighted by Gasteiger charge is 1.94. The molecule has 2 heteroatoms. The molecule has 0 saturated heterocycles. The minimum absolute atomic E-state index is 0.357. The van der Waals surface area contributed by atoms with E-state index in [-0.39, 0.29) is 0 Å². The number of hydrogen-bond donors (Lipinski definition) is 1. The van der Waals surface area contributed by atoms with Gasteiger partial charge >= 0.3 is 0 Å². The lowest BCUT2D eigenvalue weighted by atomic mass is 10.2. The molecule has 0 amide bonds. The minimum atomic E-state index is 0.357. The summed E-state index contributed by atoms with van der Waals surface area (Å²) in [5, 5.41) is 3.32. The first-order valence-corrected chi connectivity index (χ1v) is 5.89. The first-order valence-electron chi connectivity index (χ1n) is 5.35. The molecule has 0 fully saturated rings. The molecule has 17 heavy (non-hydrogen) atoms. The summed E-state index contributed by atoms with van der Waals surface area (Å²) in [6.45, 7) is 0. The molecule has 1 nitrogen and oxygen atoms in total. The van der Waals surface area contributed by atoms with Crippen molar-refractivity contribution in [2.45, 2.75) is 0 Å². The lowest BCUT2D eigenvalue weighted by Crippen LogP contribution is -1.89. The van der Waals surface area contributed by atoms with Crippen LogP contribution in [0, 0.1) is 11.8 Å². The van der Waals surface area contributed by atoms with Crippen molar-refractivity contribution in [3.05, 3.63) is 60.2 Å². The zero-order valence-corrected chi connectivity index (χ0v) is 10.0. The van der Waals surface area contributed by atoms with Gasteiger partial charge in [-0.1, -0.05) is 36.1 Å². The van der Waals surface area contributed by atoms with Crippen LogP contribution in [-0.4, -0.2) is 5.88 Å². The largest absolute Gasteiger partial charge is 0.355 e. The van der Waals surface area contributed by atoms with Gasteiger partial charge in [0.25, 0.3) is 0 Å². The molecule has 0 unspecified atom stereocenters. The summed E-state index contributed by atoms with van der Waals surface area (Å²) in [6, 6.07) is 18.0. The summed E-state index contributed by atoms with van der Waals surface area (Å²) in [5.74, 6) is 6.20. The minimum Gasteiger partial charge on any atom is -0.355 e. The molecule has 0 aliphatic rings. The van der Waals surface area contributed by atoms with Gasteiger partial charge in [0, 0.05) is 16.9 Å². The topological polar surface area (TPSA) is 12.0 Å². The molecule has 2 aromatic rings. The molecule has 0 atom stereocenters. The summed E-state index contributed by atoms with van der Waals surface area (Å²) in [6.07, 6.45) is 0. The lowest BCUT2D eigenvalue weighted by Gasteiger charge is -2.06. The van der Waals surface area contributed by atoms with Crippen LogP contribution in [0.1, 0.15) is 5.56 Å². The van der Waals surface area contributed by atoms with E-state index in [4.69, 9.17) is 11.6 Å². The highest BCUT2D eigenvalue weighted by atomic mass is 35.5. The van der Waals surface area contributed by atoms with Crippen LogP contribution < -0.4 is 5.32 Å². The fraction of sp³-hybridized carbons (Fsp3) is 0.0667. The van der Waals surface area contributed by atoms with Gasteiger partial charge in [-0.15, -0.1) is 11.6 Å². The van der Waals surface area contributed by atoms with Gasteiger partial charge in [-0.3, -0.25) is 0 Å². The van der Waals surface area contributed by atoms with Gasteiger partial charge in [-0.2, -0.15) is 0 Å². The van der Waals surface area contributed by atoms with Crippen molar-refractivity contribution in [1.29, 1.82) is 0 Å². The summed E-state index contributed by atoms with van der Waals surface area (Å²) < 4.78 is 0. The van der Waals surface area contributed by atoms with Crippen molar-refractivity contribution >= 4 is 23.0 Å². The van der Waals surface area contributed by atoms with Crippen LogP contribution in [0.3, 0.4) is 0 Å². The summed E-state index contributed by atoms with van der Waals surface area (Å²) in [5.41, 5.74) is 3.05. The molecule has 0 radical (unpaired) electrons. The van der Waals surface area contributed by atoms with Crippen LogP contribution in [0.25, 0.3) is 0 Å². The van der Waals surface area contributed by atoms with E-state index in [0.29, 0.717) is 5.88 Å². The second kappa shape index (κ2) is 5.98. The van der Waals surface area contributed by atoms with Gasteiger partial charge in [0.15, 0.2) is 0 Å². The summed E-state index contributed by atoms with van der Waals surface area (Å²) in [4.78, 5) is 0. The number of hydrogen-bond acceptors (Lipinski definition) is 1. The van der Waals surface area contributed by atoms with Crippen molar-refractivity contribution in [1.82, 2.24) is 0 Å². The van der Waals surface area contributed by atoms with Crippen LogP contribution in [0.15, 0.2) is 54.6 Å². The molecular weight excluding hydrogens is 230 g/mol. The Labute approximate surface area is 106 Å². The fourth-order valence-electron chi connectivity index (χ4n) is 1.50. The number of nitrogens with one attached hydrogen (secondary N) is 1. The Hall–Kier alpha value is -1.91. The molecule has 84 valence electrons. The SMILES string of the molecule is ClCC#Cc1cccc(Nc2ccccc2)c1. The van der Waals surface area contributed by atoms with Crippen LogP contribution in [0.4, 0.5) is 11.4 Å². The maximum Gasteiger partial charge on any atom is 0.0839 e. The maximum atomic E-state index is 5.53. The predicted octanol–water partition coefficient (Wildman–Crippen LogP) is 4.02. The third-order valence-electron chi connectivity index (χ3n) is 2.22. The van der Waals surface area contributed by atoms with Crippen LogP contribution in [0.5, 0.6) is 0 Å². The second-order valence-corrected chi connectivity index (χ2v) is 3.77. The quantitative estimate of drug-likeness (QED) is 0.619. The van der Waals surface area contributed by atoms with Gasteiger partial charge in [-0.25, -0.2) is 0 Å². The fourth-order valence-corrected chi connectivity index (χ4v) is 1.57. The van der Waals surface area contributed by atoms with E-state index in [1.165, 1.54) is 0 Å². The van der Waals surface area contributed by atoms with Crippen molar-refractivity contribution in [2.24, 2.45) is 0 Å². The molecule has 1 N–H and O–H groups in total. The number of halogens is 1. The number of benzene rings is 2. The van der Waals surface area contributed by atoms with E-state index in [1.807, 2.05) is 54.6 Å². The third-order valence-corrected chi connectivity index (χ3v) is 2.36. The molecule has 0 bridgehead atoms. The number of anilines is 2. The maximum absolute atomic E-state index is 5.53. The van der Waals surface area contributed by atoms with E-state index in [1.54, 1.807) is 0 Å². The van der Waals surface area contributed by atoms with Gasteiger partial charge in [-0.05, 0) is 30.3 Å². The van der Waals surface area contributed by atoms with E-state index in [0.717, 1.165) is 16.9 Å². The first-order chi connectivity index (χ1) is 8.38. The summed E-state index contributed by atoms with van der Waals surface area (Å²) in [7, 11) is 0. The molecule has 2 aromatic carbocycles. The molecule has 2 rings (SSSR count). The van der Waals surface area contributed by atoms with Crippen molar-refractivity contribution in [2.75, 3.05) is 11.2 Å². The lowest BCUT2D eigenvalue weighted by molar-refractivity contribution is 1.53.